The summed E-state index contributed by atoms with van der Waals surface area (Å²) in [4.78, 5) is 35.5. The summed E-state index contributed by atoms with van der Waals surface area (Å²) in [6.07, 6.45) is 1.41. The van der Waals surface area contributed by atoms with Crippen molar-refractivity contribution in [3.8, 4) is 5.75 Å². The normalized spacial score (nSPS) is 13.5. The first-order chi connectivity index (χ1) is 13.4. The molecule has 2 aromatic carbocycles. The first kappa shape index (κ1) is 19.2. The quantitative estimate of drug-likeness (QED) is 0.405. The van der Waals surface area contributed by atoms with Crippen LogP contribution in [0.25, 0.3) is 6.08 Å². The van der Waals surface area contributed by atoms with E-state index in [1.54, 1.807) is 24.3 Å². The second-order valence-corrected chi connectivity index (χ2v) is 6.12. The molecule has 1 aliphatic heterocycles. The Hall–Kier alpha value is -3.59. The predicted molar refractivity (Wildman–Crippen MR) is 104 cm³/mol. The van der Waals surface area contributed by atoms with Crippen LogP contribution < -0.4 is 20.7 Å². The molecule has 0 bridgehead atoms. The third-order valence-corrected chi connectivity index (χ3v) is 3.84. The van der Waals surface area contributed by atoms with Gasteiger partial charge in [0.05, 0.1) is 0 Å². The summed E-state index contributed by atoms with van der Waals surface area (Å²) in [6, 6.07) is 11.8. The number of hydrogen-bond donors (Lipinski definition) is 3. The predicted octanol–water partition coefficient (Wildman–Crippen LogP) is 1.76. The van der Waals surface area contributed by atoms with Crippen molar-refractivity contribution in [3.05, 3.63) is 65.5 Å². The van der Waals surface area contributed by atoms with Gasteiger partial charge in [-0.1, -0.05) is 12.1 Å². The molecule has 3 N–H and O–H groups in total. The number of carbonyl (C=O) groups is 3. The van der Waals surface area contributed by atoms with E-state index in [1.807, 2.05) is 0 Å². The van der Waals surface area contributed by atoms with Crippen molar-refractivity contribution in [2.75, 3.05) is 11.9 Å². The molecule has 0 aromatic heterocycles. The highest BCUT2D eigenvalue weighted by atomic mass is 32.1. The molecule has 1 fully saturated rings. The average Bonchev–Trinajstić information content (AvgIpc) is 2.66. The lowest BCUT2D eigenvalue weighted by molar-refractivity contribution is -0.123. The summed E-state index contributed by atoms with van der Waals surface area (Å²) < 4.78 is 18.2. The summed E-state index contributed by atoms with van der Waals surface area (Å²) in [5.74, 6) is -1.52. The molecule has 1 saturated heterocycles. The second-order valence-electron chi connectivity index (χ2n) is 5.71. The van der Waals surface area contributed by atoms with Gasteiger partial charge >= 0.3 is 0 Å². The van der Waals surface area contributed by atoms with Crippen LogP contribution in [0.3, 0.4) is 0 Å². The van der Waals surface area contributed by atoms with Crippen molar-refractivity contribution in [2.24, 2.45) is 0 Å². The van der Waals surface area contributed by atoms with Gasteiger partial charge in [-0.25, -0.2) is 4.39 Å². The van der Waals surface area contributed by atoms with E-state index < -0.39 is 23.5 Å². The number of thiocarbonyl (C=S) groups is 1. The second kappa shape index (κ2) is 8.40. The number of carbonyl (C=O) groups excluding carboxylic acids is 3. The molecule has 0 aliphatic carbocycles. The molecule has 0 radical (unpaired) electrons. The molecule has 28 heavy (non-hydrogen) atoms. The largest absolute Gasteiger partial charge is 0.484 e. The van der Waals surface area contributed by atoms with Crippen LogP contribution in [-0.2, 0) is 14.4 Å². The lowest BCUT2D eigenvalue weighted by atomic mass is 10.1. The smallest absolute Gasteiger partial charge is 0.263 e. The van der Waals surface area contributed by atoms with Gasteiger partial charge in [0, 0.05) is 5.69 Å². The first-order valence-electron chi connectivity index (χ1n) is 8.07. The Morgan fingerprint density at radius 2 is 1.64 bits per heavy atom. The van der Waals surface area contributed by atoms with Crippen LogP contribution >= 0.6 is 12.2 Å². The van der Waals surface area contributed by atoms with Crippen molar-refractivity contribution >= 4 is 46.8 Å². The molecular formula is C19H14FN3O4S. The Morgan fingerprint density at radius 3 is 2.25 bits per heavy atom. The Morgan fingerprint density at radius 1 is 1.04 bits per heavy atom. The van der Waals surface area contributed by atoms with Crippen LogP contribution in [0.5, 0.6) is 5.75 Å². The molecule has 0 unspecified atom stereocenters. The van der Waals surface area contributed by atoms with E-state index >= 15 is 0 Å². The number of amides is 3. The maximum Gasteiger partial charge on any atom is 0.263 e. The highest BCUT2D eigenvalue weighted by Gasteiger charge is 2.25. The third kappa shape index (κ3) is 4.98. The lowest BCUT2D eigenvalue weighted by Gasteiger charge is -2.16. The van der Waals surface area contributed by atoms with Gasteiger partial charge < -0.3 is 10.1 Å². The van der Waals surface area contributed by atoms with Gasteiger partial charge in [0.1, 0.15) is 17.1 Å². The molecular weight excluding hydrogens is 385 g/mol. The van der Waals surface area contributed by atoms with E-state index in [0.29, 0.717) is 17.0 Å². The van der Waals surface area contributed by atoms with E-state index in [9.17, 15) is 18.8 Å². The minimum Gasteiger partial charge on any atom is -0.484 e. The van der Waals surface area contributed by atoms with Gasteiger partial charge in [0.2, 0.25) is 0 Å². The maximum absolute atomic E-state index is 12.8. The van der Waals surface area contributed by atoms with E-state index in [2.05, 4.69) is 16.0 Å². The lowest BCUT2D eigenvalue weighted by Crippen LogP contribution is -2.51. The van der Waals surface area contributed by atoms with Crippen molar-refractivity contribution in [3.63, 3.8) is 0 Å². The highest BCUT2D eigenvalue weighted by Crippen LogP contribution is 2.16. The van der Waals surface area contributed by atoms with Gasteiger partial charge in [-0.15, -0.1) is 0 Å². The molecule has 2 aromatic rings. The molecule has 0 spiro atoms. The van der Waals surface area contributed by atoms with Crippen molar-refractivity contribution in [1.29, 1.82) is 0 Å². The topological polar surface area (TPSA) is 96.5 Å². The van der Waals surface area contributed by atoms with Crippen LogP contribution in [0.2, 0.25) is 0 Å². The SMILES string of the molecule is O=C(COc1ccc(C=C2C(=O)NC(=S)NC2=O)cc1)Nc1ccc(F)cc1. The molecule has 0 atom stereocenters. The van der Waals surface area contributed by atoms with Crippen LogP contribution in [0.4, 0.5) is 10.1 Å². The van der Waals surface area contributed by atoms with E-state index in [0.717, 1.165) is 0 Å². The van der Waals surface area contributed by atoms with Crippen molar-refractivity contribution < 1.29 is 23.5 Å². The van der Waals surface area contributed by atoms with E-state index in [1.165, 1.54) is 30.3 Å². The minimum absolute atomic E-state index is 0.0326. The van der Waals surface area contributed by atoms with Gasteiger partial charge in [-0.2, -0.15) is 0 Å². The first-order valence-corrected chi connectivity index (χ1v) is 8.48. The van der Waals surface area contributed by atoms with E-state index in [4.69, 9.17) is 17.0 Å². The van der Waals surface area contributed by atoms with Gasteiger partial charge in [0.15, 0.2) is 11.7 Å². The average molecular weight is 399 g/mol. The van der Waals surface area contributed by atoms with Crippen molar-refractivity contribution in [1.82, 2.24) is 10.6 Å². The van der Waals surface area contributed by atoms with Crippen LogP contribution in [0.1, 0.15) is 5.56 Å². The number of ether oxygens (including phenoxy) is 1. The molecule has 0 saturated carbocycles. The molecule has 142 valence electrons. The zero-order valence-corrected chi connectivity index (χ0v) is 15.1. The molecule has 3 amide bonds. The van der Waals surface area contributed by atoms with Crippen LogP contribution in [0, 0.1) is 5.82 Å². The number of anilines is 1. The maximum atomic E-state index is 12.8. The summed E-state index contributed by atoms with van der Waals surface area (Å²) in [5.41, 5.74) is 0.984. The minimum atomic E-state index is -0.577. The summed E-state index contributed by atoms with van der Waals surface area (Å²) in [5, 5.41) is 7.25. The molecule has 7 nitrogen and oxygen atoms in total. The fraction of sp³-hybridized carbons (Fsp3) is 0.0526. The van der Waals surface area contributed by atoms with Crippen LogP contribution in [-0.4, -0.2) is 29.4 Å². The van der Waals surface area contributed by atoms with Gasteiger partial charge in [-0.05, 0) is 60.3 Å². The fourth-order valence-corrected chi connectivity index (χ4v) is 2.50. The number of rotatable bonds is 5. The summed E-state index contributed by atoms with van der Waals surface area (Å²) in [6.45, 7) is -0.236. The fourth-order valence-electron chi connectivity index (χ4n) is 2.31. The number of halogens is 1. The Labute approximate surface area is 164 Å². The Kier molecular flexibility index (Phi) is 5.75. The number of hydrogen-bond acceptors (Lipinski definition) is 5. The third-order valence-electron chi connectivity index (χ3n) is 3.63. The highest BCUT2D eigenvalue weighted by molar-refractivity contribution is 7.80. The molecule has 1 heterocycles. The van der Waals surface area contributed by atoms with Crippen molar-refractivity contribution in [2.45, 2.75) is 0 Å². The molecule has 1 aliphatic rings. The zero-order valence-electron chi connectivity index (χ0n) is 14.3. The summed E-state index contributed by atoms with van der Waals surface area (Å²) >= 11 is 4.73. The number of nitrogens with one attached hydrogen (secondary N) is 3. The standard InChI is InChI=1S/C19H14FN3O4S/c20-12-3-5-13(6-4-12)21-16(24)10-27-14-7-1-11(2-8-14)9-15-17(25)22-19(28)23-18(15)26/h1-9H,10H2,(H,21,24)(H2,22,23,25,26,28). The van der Waals surface area contributed by atoms with Gasteiger partial charge in [-0.3, -0.25) is 25.0 Å². The van der Waals surface area contributed by atoms with E-state index in [-0.39, 0.29) is 17.3 Å². The van der Waals surface area contributed by atoms with Gasteiger partial charge in [0.25, 0.3) is 17.7 Å². The molecule has 9 heteroatoms. The Bertz CT molecular complexity index is 950. The summed E-state index contributed by atoms with van der Waals surface area (Å²) in [7, 11) is 0. The molecule has 3 rings (SSSR count). The number of benzene rings is 2. The van der Waals surface area contributed by atoms with Crippen LogP contribution in [0.15, 0.2) is 54.1 Å². The Balaban J connectivity index is 1.57. The monoisotopic (exact) mass is 399 g/mol. The zero-order chi connectivity index (χ0) is 20.1.